The van der Waals surface area contributed by atoms with E-state index in [1.165, 1.54) is 81.6 Å². The molecule has 8 bridgehead atoms. The zero-order chi connectivity index (χ0) is 67.1. The number of piperidine rings is 4. The molecule has 4 aromatic rings. The van der Waals surface area contributed by atoms with Gasteiger partial charge in [0, 0.05) is 74.5 Å². The fourth-order valence-electron chi connectivity index (χ4n) is 23.5. The first-order valence-corrected chi connectivity index (χ1v) is 36.9. The second-order valence-corrected chi connectivity index (χ2v) is 32.1. The van der Waals surface area contributed by atoms with Crippen LogP contribution in [0.3, 0.4) is 0 Å². The van der Waals surface area contributed by atoms with Gasteiger partial charge in [-0.05, 0) is 252 Å². The molecule has 0 radical (unpaired) electrons. The molecule has 98 heavy (non-hydrogen) atoms. The van der Waals surface area contributed by atoms with E-state index < -0.39 is 12.3 Å². The Balaban J connectivity index is 0.000000133. The molecule has 16 aliphatic rings. The maximum Gasteiger partial charge on any atom is 0.513 e. The summed E-state index contributed by atoms with van der Waals surface area (Å²) in [7, 11) is 9.00. The fourth-order valence-corrected chi connectivity index (χ4v) is 23.5. The van der Waals surface area contributed by atoms with Gasteiger partial charge >= 0.3 is 12.3 Å². The van der Waals surface area contributed by atoms with Crippen LogP contribution in [0.4, 0.5) is 9.59 Å². The summed E-state index contributed by atoms with van der Waals surface area (Å²) in [5, 5.41) is 0. The van der Waals surface area contributed by atoms with Crippen molar-refractivity contribution in [3.05, 3.63) is 151 Å². The molecule has 8 heterocycles. The molecule has 4 unspecified atom stereocenters. The van der Waals surface area contributed by atoms with E-state index in [0.29, 0.717) is 71.7 Å². The van der Waals surface area contributed by atoms with Crippen molar-refractivity contribution >= 4 is 18.1 Å². The van der Waals surface area contributed by atoms with Crippen molar-refractivity contribution in [1.82, 2.24) is 19.6 Å². The van der Waals surface area contributed by atoms with Crippen LogP contribution in [0.5, 0.6) is 23.0 Å². The van der Waals surface area contributed by atoms with E-state index in [4.69, 9.17) is 47.4 Å². The Kier molecular flexibility index (Phi) is 15.2. The highest BCUT2D eigenvalue weighted by atomic mass is 16.7. The summed E-state index contributed by atoms with van der Waals surface area (Å²) in [5.74, 6) is 7.78. The lowest BCUT2D eigenvalue weighted by Crippen LogP contribution is -2.65. The summed E-state index contributed by atoms with van der Waals surface area (Å²) in [6.07, 6.45) is 17.7. The minimum Gasteiger partial charge on any atom is -0.485 e. The monoisotopic (exact) mass is 1330 g/mol. The molecular formula is C81H96N4O13. The lowest BCUT2D eigenvalue weighted by molar-refractivity contribution is -0.138. The van der Waals surface area contributed by atoms with Gasteiger partial charge in [0.05, 0.1) is 26.4 Å². The third-order valence-electron chi connectivity index (χ3n) is 27.9. The molecule has 0 amide bonds. The molecule has 5 fully saturated rings. The maximum atomic E-state index is 12.8. The number of ether oxygens (including phenoxy) is 10. The van der Waals surface area contributed by atoms with Crippen LogP contribution in [-0.4, -0.2) is 180 Å². The highest BCUT2D eigenvalue weighted by Crippen LogP contribution is 2.67. The molecule has 16 atom stereocenters. The predicted molar refractivity (Wildman–Crippen MR) is 367 cm³/mol. The van der Waals surface area contributed by atoms with Crippen LogP contribution in [0, 0.1) is 51.4 Å². The molecule has 518 valence electrons. The number of likely N-dealkylation sites (N-methyl/N-ethyl adjacent to an activating group) is 4. The van der Waals surface area contributed by atoms with Gasteiger partial charge in [-0.3, -0.25) is 4.79 Å². The van der Waals surface area contributed by atoms with E-state index >= 15 is 0 Å². The Bertz CT molecular complexity index is 3910. The van der Waals surface area contributed by atoms with E-state index in [1.54, 1.807) is 11.1 Å². The summed E-state index contributed by atoms with van der Waals surface area (Å²) in [6.45, 7) is 16.1. The fraction of sp³-hybridized carbons (Fsp3) is 0.593. The van der Waals surface area contributed by atoms with Gasteiger partial charge in [0.25, 0.3) is 0 Å². The average Bonchev–Trinajstić information content (AvgIpc) is 1.49. The van der Waals surface area contributed by atoms with Crippen molar-refractivity contribution in [3.8, 4) is 23.0 Å². The predicted octanol–water partition coefficient (Wildman–Crippen LogP) is 11.1. The van der Waals surface area contributed by atoms with Crippen molar-refractivity contribution in [2.75, 3.05) is 94.0 Å². The third kappa shape index (κ3) is 8.98. The van der Waals surface area contributed by atoms with Gasteiger partial charge < -0.3 is 67.0 Å². The van der Waals surface area contributed by atoms with Gasteiger partial charge in [0.15, 0.2) is 24.1 Å². The van der Waals surface area contributed by atoms with Gasteiger partial charge in [-0.25, -0.2) is 9.59 Å². The first-order chi connectivity index (χ1) is 47.5. The van der Waals surface area contributed by atoms with Crippen LogP contribution in [0.1, 0.15) is 131 Å². The Labute approximate surface area is 576 Å². The van der Waals surface area contributed by atoms with Crippen LogP contribution in [0.25, 0.3) is 0 Å². The van der Waals surface area contributed by atoms with Crippen LogP contribution >= 0.6 is 0 Å². The molecule has 1 saturated carbocycles. The lowest BCUT2D eigenvalue weighted by atomic mass is 9.51. The molecule has 8 aliphatic heterocycles. The minimum absolute atomic E-state index is 0.0125. The Hall–Kier alpha value is -6.73. The first-order valence-electron chi connectivity index (χ1n) is 36.9. The summed E-state index contributed by atoms with van der Waals surface area (Å²) in [5.41, 5.74) is 17.5. The summed E-state index contributed by atoms with van der Waals surface area (Å²) >= 11 is 0. The van der Waals surface area contributed by atoms with Gasteiger partial charge in [-0.15, -0.1) is 0 Å². The number of nitrogens with zero attached hydrogens (tertiary/aromatic N) is 4. The van der Waals surface area contributed by atoms with Gasteiger partial charge in [-0.2, -0.15) is 0 Å². The number of allylic oxidation sites excluding steroid dienone is 3. The van der Waals surface area contributed by atoms with Crippen molar-refractivity contribution in [2.24, 2.45) is 23.7 Å². The van der Waals surface area contributed by atoms with Crippen molar-refractivity contribution in [3.63, 3.8) is 0 Å². The molecule has 20 rings (SSSR count). The maximum absolute atomic E-state index is 12.8. The molecule has 8 aliphatic carbocycles. The summed E-state index contributed by atoms with van der Waals surface area (Å²) in [4.78, 5) is 48.3. The van der Waals surface area contributed by atoms with E-state index in [-0.39, 0.29) is 79.6 Å². The van der Waals surface area contributed by atoms with E-state index in [2.05, 4.69) is 137 Å². The Morgan fingerprint density at radius 1 is 0.429 bits per heavy atom. The summed E-state index contributed by atoms with van der Waals surface area (Å²) in [6, 6.07) is 20.0. The zero-order valence-corrected chi connectivity index (χ0v) is 58.6. The molecule has 4 saturated heterocycles. The van der Waals surface area contributed by atoms with E-state index in [1.807, 2.05) is 12.2 Å². The van der Waals surface area contributed by atoms with Crippen LogP contribution in [0.2, 0.25) is 0 Å². The SMILES string of the molecule is CC1=CCC2[C@H]3Cc4ccc(C)c5c4[C@@]2(CCN3C)[C@H]1O5.Cc1ccc2c3c1O[C@@H]1C(OC(=O)OCCOCCOCCOC(=O)OC4=CCC5[C@H]6Cc7ccc(C)c8c7[C@@]5(CCN6C)[C@H]4O8)=CCC4[C@H](C2)N(C)CC[C@]341.Cc1ccc2c3c1O[C@H]1C(=O)CCC4[C@@H](C2)N(C)CC[C@@]341. The van der Waals surface area contributed by atoms with E-state index in [9.17, 15) is 14.4 Å². The lowest BCUT2D eigenvalue weighted by Gasteiger charge is -2.57. The number of rotatable bonds is 11. The number of aryl methyl sites for hydroxylation is 4. The largest absolute Gasteiger partial charge is 0.513 e. The normalized spacial score (nSPS) is 35.6. The second-order valence-electron chi connectivity index (χ2n) is 32.1. The number of carbonyl (C=O) groups excluding carboxylic acids is 3. The number of Topliss-reactive ketones (excluding diaryl/α,β-unsaturated/α-hetero) is 1. The van der Waals surface area contributed by atoms with Gasteiger partial charge in [0.2, 0.25) is 0 Å². The molecule has 4 spiro atoms. The molecule has 0 N–H and O–H groups in total. The van der Waals surface area contributed by atoms with Gasteiger partial charge in [-0.1, -0.05) is 54.6 Å². The van der Waals surface area contributed by atoms with Crippen LogP contribution in [-0.2, 0) is 80.6 Å². The smallest absolute Gasteiger partial charge is 0.485 e. The standard InChI is InChI=1S/C44H52N2O10.C19H23NO.C18H21NO2/c1-25-5-7-27-23-31-29-9-11-33(39-43(29,13-15-45(31)3)35(27)37(25)55-39)53-41(47)51-21-19-49-17-18-50-20-22-52-42(48)54-34-12-10-30-32-24-28-8-6-26(2)38-36(28)44(30,40(34)56-38)14-16-46(32)4;1-11-4-6-13-10-15-14-7-5-12(2)18-19(14,8-9-20(15)3)16(13)17(11)21-18;1-10-3-4-11-9-13-12-5-6-14(20)17-18(12,7-8-19(13)2)15(11)16(10)21-17/h5-8,11-12,29-32,39-40H,9-10,13-24H2,1-4H3;4-6,14-15,18H,7-10H2,1-3H3;3-4,12-13,17H,5-9H2,1-2H3/t29?,30?,31-,32+,39+,40-,43+,44-;14?,15-,18+,19+;12?,13-,17+,18+/m.11/s1. The molecule has 0 aromatic heterocycles. The second kappa shape index (κ2) is 23.4. The number of carbonyl (C=O) groups is 3. The first kappa shape index (κ1) is 63.4. The van der Waals surface area contributed by atoms with Crippen molar-refractivity contribution in [2.45, 2.75) is 188 Å². The number of hydrogen-bond donors (Lipinski definition) is 0. The zero-order valence-electron chi connectivity index (χ0n) is 58.6. The highest BCUT2D eigenvalue weighted by Gasteiger charge is 2.69. The average molecular weight is 1330 g/mol. The Morgan fingerprint density at radius 2 is 0.755 bits per heavy atom. The van der Waals surface area contributed by atoms with Crippen molar-refractivity contribution in [1.29, 1.82) is 0 Å². The minimum atomic E-state index is -0.756. The number of benzene rings is 4. The van der Waals surface area contributed by atoms with Crippen molar-refractivity contribution < 1.29 is 61.8 Å². The quantitative estimate of drug-likeness (QED) is 0.0793. The molecule has 4 aromatic carbocycles. The summed E-state index contributed by atoms with van der Waals surface area (Å²) < 4.78 is 59.8. The number of likely N-dealkylation sites (tertiary alicyclic amines) is 4. The number of hydrogen-bond acceptors (Lipinski definition) is 17. The van der Waals surface area contributed by atoms with E-state index in [0.717, 1.165) is 112 Å². The van der Waals surface area contributed by atoms with Gasteiger partial charge in [0.1, 0.15) is 53.8 Å². The molecular weight excluding hydrogens is 1240 g/mol. The molecule has 17 nitrogen and oxygen atoms in total. The molecule has 17 heteroatoms. The van der Waals surface area contributed by atoms with Crippen LogP contribution in [0.15, 0.2) is 83.9 Å². The Morgan fingerprint density at radius 3 is 1.15 bits per heavy atom. The third-order valence-corrected chi connectivity index (χ3v) is 27.9. The topological polar surface area (TPSA) is 156 Å². The number of ketones is 1. The highest BCUT2D eigenvalue weighted by molar-refractivity contribution is 5.89. The van der Waals surface area contributed by atoms with Crippen LogP contribution < -0.4 is 18.9 Å².